The zero-order chi connectivity index (χ0) is 20.2. The van der Waals surface area contributed by atoms with Gasteiger partial charge in [0.1, 0.15) is 11.4 Å². The SMILES string of the molecule is COc1ccccc1CCNC(=O)c1cc2sccc2n1Cc1cccc(Cl)c1. The van der Waals surface area contributed by atoms with Crippen LogP contribution in [-0.2, 0) is 13.0 Å². The van der Waals surface area contributed by atoms with E-state index < -0.39 is 0 Å². The highest BCUT2D eigenvalue weighted by molar-refractivity contribution is 7.17. The monoisotopic (exact) mass is 424 g/mol. The molecule has 0 unspecified atom stereocenters. The fourth-order valence-electron chi connectivity index (χ4n) is 3.46. The minimum Gasteiger partial charge on any atom is -0.496 e. The first kappa shape index (κ1) is 19.6. The predicted octanol–water partition coefficient (Wildman–Crippen LogP) is 5.39. The summed E-state index contributed by atoms with van der Waals surface area (Å²) in [7, 11) is 1.66. The first-order valence-corrected chi connectivity index (χ1v) is 10.6. The van der Waals surface area contributed by atoms with Gasteiger partial charge in [-0.05, 0) is 53.3 Å². The second-order valence-electron chi connectivity index (χ2n) is 6.73. The number of carbonyl (C=O) groups is 1. The van der Waals surface area contributed by atoms with Crippen molar-refractivity contribution in [3.8, 4) is 5.75 Å². The van der Waals surface area contributed by atoms with Gasteiger partial charge in [0.05, 0.1) is 17.3 Å². The topological polar surface area (TPSA) is 43.3 Å². The molecular formula is C23H21ClN2O2S. The number of hydrogen-bond donors (Lipinski definition) is 1. The molecule has 0 radical (unpaired) electrons. The van der Waals surface area contributed by atoms with Crippen LogP contribution < -0.4 is 10.1 Å². The number of para-hydroxylation sites is 1. The van der Waals surface area contributed by atoms with E-state index in [2.05, 4.69) is 16.0 Å². The molecule has 0 aliphatic carbocycles. The van der Waals surface area contributed by atoms with Crippen LogP contribution in [0.4, 0.5) is 0 Å². The first-order chi connectivity index (χ1) is 14.2. The smallest absolute Gasteiger partial charge is 0.267 e. The van der Waals surface area contributed by atoms with Gasteiger partial charge in [0.15, 0.2) is 0 Å². The predicted molar refractivity (Wildman–Crippen MR) is 119 cm³/mol. The lowest BCUT2D eigenvalue weighted by molar-refractivity contribution is 0.0945. The maximum absolute atomic E-state index is 13.0. The van der Waals surface area contributed by atoms with Crippen molar-refractivity contribution in [1.29, 1.82) is 0 Å². The average Bonchev–Trinajstić information content (AvgIpc) is 3.31. The molecule has 2 aromatic heterocycles. The van der Waals surface area contributed by atoms with Crippen LogP contribution in [0.2, 0.25) is 5.02 Å². The molecule has 1 amide bonds. The minimum atomic E-state index is -0.0784. The second kappa shape index (κ2) is 8.72. The van der Waals surface area contributed by atoms with Gasteiger partial charge in [0.2, 0.25) is 0 Å². The zero-order valence-electron chi connectivity index (χ0n) is 16.0. The Kier molecular flexibility index (Phi) is 5.88. The van der Waals surface area contributed by atoms with E-state index in [1.165, 1.54) is 0 Å². The average molecular weight is 425 g/mol. The van der Waals surface area contributed by atoms with Gasteiger partial charge >= 0.3 is 0 Å². The Labute approximate surface area is 178 Å². The second-order valence-corrected chi connectivity index (χ2v) is 8.12. The molecule has 0 bridgehead atoms. The standard InChI is InChI=1S/C23H21ClN2O2S/c1-28-21-8-3-2-6-17(21)9-11-25-23(27)20-14-22-19(10-12-29-22)26(20)15-16-5-4-7-18(24)13-16/h2-8,10,12-14H,9,11,15H2,1H3,(H,25,27). The van der Waals surface area contributed by atoms with Crippen LogP contribution in [0.1, 0.15) is 21.6 Å². The number of benzene rings is 2. The highest BCUT2D eigenvalue weighted by atomic mass is 35.5. The van der Waals surface area contributed by atoms with Crippen LogP contribution in [0.25, 0.3) is 10.2 Å². The molecule has 4 aromatic rings. The molecule has 29 heavy (non-hydrogen) atoms. The highest BCUT2D eigenvalue weighted by Gasteiger charge is 2.17. The van der Waals surface area contributed by atoms with Crippen molar-refractivity contribution in [2.24, 2.45) is 0 Å². The van der Waals surface area contributed by atoms with Crippen LogP contribution in [0.3, 0.4) is 0 Å². The fraction of sp³-hybridized carbons (Fsp3) is 0.174. The van der Waals surface area contributed by atoms with Crippen LogP contribution in [-0.4, -0.2) is 24.1 Å². The zero-order valence-corrected chi connectivity index (χ0v) is 17.6. The number of carbonyl (C=O) groups excluding carboxylic acids is 1. The molecule has 0 spiro atoms. The summed E-state index contributed by atoms with van der Waals surface area (Å²) in [6.07, 6.45) is 0.707. The van der Waals surface area contributed by atoms with E-state index >= 15 is 0 Å². The summed E-state index contributed by atoms with van der Waals surface area (Å²) in [5.74, 6) is 0.761. The molecule has 4 rings (SSSR count). The lowest BCUT2D eigenvalue weighted by Gasteiger charge is -2.12. The van der Waals surface area contributed by atoms with E-state index in [0.717, 1.165) is 27.1 Å². The summed E-state index contributed by atoms with van der Waals surface area (Å²) in [5.41, 5.74) is 3.85. The normalized spacial score (nSPS) is 11.0. The molecule has 4 nitrogen and oxygen atoms in total. The van der Waals surface area contributed by atoms with Gasteiger partial charge in [-0.25, -0.2) is 0 Å². The number of ether oxygens (including phenoxy) is 1. The van der Waals surface area contributed by atoms with Crippen molar-refractivity contribution >= 4 is 39.1 Å². The Hall–Kier alpha value is -2.76. The highest BCUT2D eigenvalue weighted by Crippen LogP contribution is 2.27. The molecule has 0 saturated carbocycles. The maximum Gasteiger partial charge on any atom is 0.267 e. The molecule has 0 saturated heterocycles. The summed E-state index contributed by atoms with van der Waals surface area (Å²) >= 11 is 7.77. The lowest BCUT2D eigenvalue weighted by Crippen LogP contribution is -2.28. The van der Waals surface area contributed by atoms with Crippen LogP contribution in [0.15, 0.2) is 66.0 Å². The lowest BCUT2D eigenvalue weighted by atomic mass is 10.1. The van der Waals surface area contributed by atoms with E-state index in [0.29, 0.717) is 30.2 Å². The van der Waals surface area contributed by atoms with Crippen molar-refractivity contribution in [1.82, 2.24) is 9.88 Å². The number of nitrogens with one attached hydrogen (secondary N) is 1. The van der Waals surface area contributed by atoms with E-state index in [4.69, 9.17) is 16.3 Å². The molecule has 0 fully saturated rings. The van der Waals surface area contributed by atoms with Crippen molar-refractivity contribution in [2.45, 2.75) is 13.0 Å². The number of nitrogens with zero attached hydrogens (tertiary/aromatic N) is 1. The van der Waals surface area contributed by atoms with Crippen LogP contribution >= 0.6 is 22.9 Å². The van der Waals surface area contributed by atoms with Gasteiger partial charge in [-0.15, -0.1) is 11.3 Å². The van der Waals surface area contributed by atoms with Crippen molar-refractivity contribution in [3.63, 3.8) is 0 Å². The Morgan fingerprint density at radius 1 is 1.14 bits per heavy atom. The Morgan fingerprint density at radius 3 is 2.83 bits per heavy atom. The molecule has 2 aromatic carbocycles. The van der Waals surface area contributed by atoms with E-state index in [-0.39, 0.29) is 5.91 Å². The number of thiophene rings is 1. The largest absolute Gasteiger partial charge is 0.496 e. The number of amides is 1. The third-order valence-electron chi connectivity index (χ3n) is 4.86. The molecule has 0 aliphatic rings. The number of methoxy groups -OCH3 is 1. The van der Waals surface area contributed by atoms with Crippen molar-refractivity contribution < 1.29 is 9.53 Å². The molecule has 0 aliphatic heterocycles. The Balaban J connectivity index is 1.52. The fourth-order valence-corrected chi connectivity index (χ4v) is 4.50. The Morgan fingerprint density at radius 2 is 2.00 bits per heavy atom. The summed E-state index contributed by atoms with van der Waals surface area (Å²) in [6, 6.07) is 19.6. The van der Waals surface area contributed by atoms with Gasteiger partial charge in [-0.2, -0.15) is 0 Å². The molecule has 1 N–H and O–H groups in total. The maximum atomic E-state index is 13.0. The quantitative estimate of drug-likeness (QED) is 0.432. The molecule has 148 valence electrons. The molecule has 0 atom stereocenters. The van der Waals surface area contributed by atoms with E-state index in [1.807, 2.05) is 60.0 Å². The van der Waals surface area contributed by atoms with Crippen LogP contribution in [0, 0.1) is 0 Å². The van der Waals surface area contributed by atoms with Crippen molar-refractivity contribution in [2.75, 3.05) is 13.7 Å². The summed E-state index contributed by atoms with van der Waals surface area (Å²) in [5, 5.41) is 5.79. The van der Waals surface area contributed by atoms with Gasteiger partial charge < -0.3 is 14.6 Å². The number of halogens is 1. The molecule has 6 heteroatoms. The number of hydrogen-bond acceptors (Lipinski definition) is 3. The third-order valence-corrected chi connectivity index (χ3v) is 5.95. The van der Waals surface area contributed by atoms with Crippen molar-refractivity contribution in [3.05, 3.63) is 87.9 Å². The number of fused-ring (bicyclic) bond motifs is 1. The summed E-state index contributed by atoms with van der Waals surface area (Å²) < 4.78 is 8.54. The minimum absolute atomic E-state index is 0.0784. The van der Waals surface area contributed by atoms with Gasteiger partial charge in [-0.3, -0.25) is 4.79 Å². The Bertz CT molecular complexity index is 1150. The van der Waals surface area contributed by atoms with Crippen LogP contribution in [0.5, 0.6) is 5.75 Å². The third kappa shape index (κ3) is 4.31. The van der Waals surface area contributed by atoms with Gasteiger partial charge in [0.25, 0.3) is 5.91 Å². The number of rotatable bonds is 7. The van der Waals surface area contributed by atoms with Gasteiger partial charge in [0, 0.05) is 18.1 Å². The molecular weight excluding hydrogens is 404 g/mol. The molecule has 2 heterocycles. The first-order valence-electron chi connectivity index (χ1n) is 9.37. The summed E-state index contributed by atoms with van der Waals surface area (Å²) in [4.78, 5) is 13.0. The van der Waals surface area contributed by atoms with E-state index in [1.54, 1.807) is 18.4 Å². The number of aromatic nitrogens is 1. The van der Waals surface area contributed by atoms with Gasteiger partial charge in [-0.1, -0.05) is 41.9 Å². The van der Waals surface area contributed by atoms with E-state index in [9.17, 15) is 4.79 Å². The summed E-state index contributed by atoms with van der Waals surface area (Å²) in [6.45, 7) is 1.13.